The van der Waals surface area contributed by atoms with Crippen LogP contribution in [-0.4, -0.2) is 27.1 Å². The summed E-state index contributed by atoms with van der Waals surface area (Å²) in [5, 5.41) is 0.433. The topological polar surface area (TPSA) is 72.5 Å². The van der Waals surface area contributed by atoms with Gasteiger partial charge in [-0.2, -0.15) is 0 Å². The van der Waals surface area contributed by atoms with Crippen molar-refractivity contribution in [1.29, 1.82) is 0 Å². The first-order chi connectivity index (χ1) is 10.3. The molecular formula is C15H14ClNO4S. The maximum atomic E-state index is 12.0. The Kier molecular flexibility index (Phi) is 5.05. The summed E-state index contributed by atoms with van der Waals surface area (Å²) < 4.78 is 29.9. The fourth-order valence-electron chi connectivity index (χ4n) is 1.73. The zero-order chi connectivity index (χ0) is 16.2. The Hall–Kier alpha value is -2.05. The van der Waals surface area contributed by atoms with Gasteiger partial charge in [-0.25, -0.2) is 8.42 Å². The van der Waals surface area contributed by atoms with Gasteiger partial charge in [-0.15, -0.1) is 0 Å². The van der Waals surface area contributed by atoms with Crippen LogP contribution in [0.2, 0.25) is 5.02 Å². The van der Waals surface area contributed by atoms with E-state index in [2.05, 4.69) is 4.72 Å². The first kappa shape index (κ1) is 16.3. The molecule has 0 spiro atoms. The van der Waals surface area contributed by atoms with E-state index < -0.39 is 10.0 Å². The van der Waals surface area contributed by atoms with E-state index >= 15 is 0 Å². The van der Waals surface area contributed by atoms with Gasteiger partial charge < -0.3 is 4.74 Å². The van der Waals surface area contributed by atoms with Gasteiger partial charge in [0, 0.05) is 11.3 Å². The summed E-state index contributed by atoms with van der Waals surface area (Å²) in [6, 6.07) is 13.0. The molecule has 116 valence electrons. The lowest BCUT2D eigenvalue weighted by molar-refractivity contribution is 0.0921. The molecule has 0 atom stereocenters. The van der Waals surface area contributed by atoms with Crippen molar-refractivity contribution in [3.8, 4) is 5.75 Å². The Morgan fingerprint density at radius 3 is 2.36 bits per heavy atom. The van der Waals surface area contributed by atoms with Gasteiger partial charge in [0.25, 0.3) is 0 Å². The van der Waals surface area contributed by atoms with Gasteiger partial charge in [-0.3, -0.25) is 9.52 Å². The summed E-state index contributed by atoms with van der Waals surface area (Å²) in [6.07, 6.45) is 1.06. The van der Waals surface area contributed by atoms with Crippen molar-refractivity contribution in [2.24, 2.45) is 0 Å². The molecule has 0 heterocycles. The first-order valence-electron chi connectivity index (χ1n) is 6.33. The summed E-state index contributed by atoms with van der Waals surface area (Å²) in [5.74, 6) is 0.207. The first-order valence-corrected chi connectivity index (χ1v) is 8.60. The van der Waals surface area contributed by atoms with E-state index in [0.717, 1.165) is 6.26 Å². The highest BCUT2D eigenvalue weighted by Crippen LogP contribution is 2.23. The van der Waals surface area contributed by atoms with Gasteiger partial charge in [-0.1, -0.05) is 23.7 Å². The Balaban J connectivity index is 2.00. The summed E-state index contributed by atoms with van der Waals surface area (Å²) >= 11 is 5.93. The number of hydrogen-bond donors (Lipinski definition) is 1. The van der Waals surface area contributed by atoms with Gasteiger partial charge >= 0.3 is 0 Å². The lowest BCUT2D eigenvalue weighted by atomic mass is 10.1. The van der Waals surface area contributed by atoms with Crippen LogP contribution >= 0.6 is 11.6 Å². The molecule has 0 unspecified atom stereocenters. The number of carbonyl (C=O) groups excluding carboxylic acids is 1. The third-order valence-corrected chi connectivity index (χ3v) is 3.62. The average Bonchev–Trinajstić information content (AvgIpc) is 2.45. The van der Waals surface area contributed by atoms with Crippen molar-refractivity contribution in [3.05, 3.63) is 59.1 Å². The van der Waals surface area contributed by atoms with Crippen molar-refractivity contribution >= 4 is 33.1 Å². The average molecular weight is 340 g/mol. The molecule has 2 rings (SSSR count). The Labute approximate surface area is 133 Å². The second-order valence-corrected chi connectivity index (χ2v) is 6.75. The van der Waals surface area contributed by atoms with E-state index in [1.54, 1.807) is 24.3 Å². The molecule has 0 radical (unpaired) electrons. The number of carbonyl (C=O) groups is 1. The monoisotopic (exact) mass is 339 g/mol. The van der Waals surface area contributed by atoms with Crippen LogP contribution in [0.3, 0.4) is 0 Å². The SMILES string of the molecule is CS(=O)(=O)Nc1ccc(C(=O)COc2ccccc2Cl)cc1. The standard InChI is InChI=1S/C15H14ClNO4S/c1-22(19,20)17-12-8-6-11(7-9-12)14(18)10-21-15-5-3-2-4-13(15)16/h2-9,17H,10H2,1H3. The Bertz CT molecular complexity index is 772. The van der Waals surface area contributed by atoms with Crippen LogP contribution in [0.1, 0.15) is 10.4 Å². The number of benzene rings is 2. The minimum atomic E-state index is -3.34. The lowest BCUT2D eigenvalue weighted by Crippen LogP contribution is -2.12. The summed E-state index contributed by atoms with van der Waals surface area (Å²) in [5.41, 5.74) is 0.817. The fourth-order valence-corrected chi connectivity index (χ4v) is 2.48. The van der Waals surface area contributed by atoms with Crippen molar-refractivity contribution < 1.29 is 17.9 Å². The van der Waals surface area contributed by atoms with E-state index in [1.165, 1.54) is 24.3 Å². The summed E-state index contributed by atoms with van der Waals surface area (Å²) in [4.78, 5) is 12.0. The molecule has 0 saturated heterocycles. The maximum Gasteiger partial charge on any atom is 0.229 e. The van der Waals surface area contributed by atoms with Crippen LogP contribution in [0.4, 0.5) is 5.69 Å². The minimum Gasteiger partial charge on any atom is -0.484 e. The van der Waals surface area contributed by atoms with Crippen LogP contribution in [0.25, 0.3) is 0 Å². The van der Waals surface area contributed by atoms with E-state index in [9.17, 15) is 13.2 Å². The van der Waals surface area contributed by atoms with E-state index in [4.69, 9.17) is 16.3 Å². The van der Waals surface area contributed by atoms with Gasteiger partial charge in [0.1, 0.15) is 5.75 Å². The predicted molar refractivity (Wildman–Crippen MR) is 86.2 cm³/mol. The molecule has 0 aliphatic carbocycles. The number of Topliss-reactive ketones (excluding diaryl/α,β-unsaturated/α-hetero) is 1. The number of ketones is 1. The molecule has 0 saturated carbocycles. The number of sulfonamides is 1. The molecule has 0 bridgehead atoms. The van der Waals surface area contributed by atoms with Crippen molar-refractivity contribution in [1.82, 2.24) is 0 Å². The number of anilines is 1. The quantitative estimate of drug-likeness (QED) is 0.821. The molecule has 2 aromatic rings. The molecule has 0 aliphatic heterocycles. The van der Waals surface area contributed by atoms with E-state index in [0.29, 0.717) is 22.0 Å². The zero-order valence-corrected chi connectivity index (χ0v) is 13.3. The van der Waals surface area contributed by atoms with Gasteiger partial charge in [-0.05, 0) is 36.4 Å². The second-order valence-electron chi connectivity index (χ2n) is 4.59. The zero-order valence-electron chi connectivity index (χ0n) is 11.7. The Morgan fingerprint density at radius 2 is 1.77 bits per heavy atom. The molecule has 1 N–H and O–H groups in total. The lowest BCUT2D eigenvalue weighted by Gasteiger charge is -2.08. The third kappa shape index (κ3) is 4.75. The molecule has 5 nitrogen and oxygen atoms in total. The largest absolute Gasteiger partial charge is 0.484 e. The summed E-state index contributed by atoms with van der Waals surface area (Å²) in [7, 11) is -3.34. The number of rotatable bonds is 6. The number of halogens is 1. The normalized spacial score (nSPS) is 11.0. The molecule has 0 amide bonds. The molecule has 0 fully saturated rings. The van der Waals surface area contributed by atoms with Gasteiger partial charge in [0.05, 0.1) is 11.3 Å². The predicted octanol–water partition coefficient (Wildman–Crippen LogP) is 2.97. The highest BCUT2D eigenvalue weighted by atomic mass is 35.5. The van der Waals surface area contributed by atoms with Crippen LogP contribution in [0.15, 0.2) is 48.5 Å². The molecule has 7 heteroatoms. The van der Waals surface area contributed by atoms with Crippen LogP contribution < -0.4 is 9.46 Å². The highest BCUT2D eigenvalue weighted by Gasteiger charge is 2.09. The third-order valence-electron chi connectivity index (χ3n) is 2.71. The van der Waals surface area contributed by atoms with E-state index in [-0.39, 0.29) is 12.4 Å². The number of ether oxygens (including phenoxy) is 1. The molecule has 0 aliphatic rings. The number of para-hydroxylation sites is 1. The fraction of sp³-hybridized carbons (Fsp3) is 0.133. The van der Waals surface area contributed by atoms with Gasteiger partial charge in [0.2, 0.25) is 10.0 Å². The molecule has 0 aromatic heterocycles. The molecule has 22 heavy (non-hydrogen) atoms. The summed E-state index contributed by atoms with van der Waals surface area (Å²) in [6.45, 7) is -0.150. The van der Waals surface area contributed by atoms with E-state index in [1.807, 2.05) is 0 Å². The molecule has 2 aromatic carbocycles. The Morgan fingerprint density at radius 1 is 1.14 bits per heavy atom. The van der Waals surface area contributed by atoms with Crippen LogP contribution in [0, 0.1) is 0 Å². The number of hydrogen-bond acceptors (Lipinski definition) is 4. The highest BCUT2D eigenvalue weighted by molar-refractivity contribution is 7.92. The maximum absolute atomic E-state index is 12.0. The van der Waals surface area contributed by atoms with Gasteiger partial charge in [0.15, 0.2) is 12.4 Å². The number of nitrogens with one attached hydrogen (secondary N) is 1. The minimum absolute atomic E-state index is 0.150. The van der Waals surface area contributed by atoms with Crippen molar-refractivity contribution in [2.45, 2.75) is 0 Å². The second kappa shape index (κ2) is 6.81. The van der Waals surface area contributed by atoms with Crippen LogP contribution in [0.5, 0.6) is 5.75 Å². The van der Waals surface area contributed by atoms with Crippen molar-refractivity contribution in [3.63, 3.8) is 0 Å². The smallest absolute Gasteiger partial charge is 0.229 e. The molecular weight excluding hydrogens is 326 g/mol. The van der Waals surface area contributed by atoms with Crippen molar-refractivity contribution in [2.75, 3.05) is 17.6 Å². The van der Waals surface area contributed by atoms with Crippen LogP contribution in [-0.2, 0) is 10.0 Å².